The third-order valence-corrected chi connectivity index (χ3v) is 9.16. The molecular weight excluding hydrogens is 542 g/mol. The van der Waals surface area contributed by atoms with E-state index in [1.165, 1.54) is 76.4 Å². The van der Waals surface area contributed by atoms with Crippen molar-refractivity contribution in [2.45, 2.75) is 0 Å². The Hall–Kier alpha value is -5.92. The lowest BCUT2D eigenvalue weighted by molar-refractivity contribution is 1.32. The molecule has 210 valence electrons. The molecule has 0 amide bonds. The average Bonchev–Trinajstić information content (AvgIpc) is 3.11. The number of fused-ring (bicyclic) bond motifs is 7. The Balaban J connectivity index is 1.40. The number of hydrogen-bond donors (Lipinski definition) is 0. The van der Waals surface area contributed by atoms with E-state index < -0.39 is 0 Å². The molecule has 1 nitrogen and oxygen atoms in total. The second-order valence-electron chi connectivity index (χ2n) is 11.7. The summed E-state index contributed by atoms with van der Waals surface area (Å²) in [7, 11) is 0. The standard InChI is InChI=1S/C44H29N/c1-2-17-35(18-3-1)45(42-24-12-16-31-14-6-7-19-36(31)42)43-29-34-28-41(33-26-25-30-13-4-5-15-32(30)27-33)37-20-8-10-22-39(37)44(34)40-23-11-9-21-38(40)43/h1-29H. The molecule has 0 saturated heterocycles. The molecule has 0 saturated carbocycles. The van der Waals surface area contributed by atoms with E-state index in [1.807, 2.05) is 0 Å². The Morgan fingerprint density at radius 1 is 0.311 bits per heavy atom. The summed E-state index contributed by atoms with van der Waals surface area (Å²) in [5, 5.41) is 12.5. The van der Waals surface area contributed by atoms with Gasteiger partial charge < -0.3 is 4.90 Å². The van der Waals surface area contributed by atoms with Gasteiger partial charge in [0.05, 0.1) is 11.4 Å². The lowest BCUT2D eigenvalue weighted by Crippen LogP contribution is -2.11. The van der Waals surface area contributed by atoms with Crippen molar-refractivity contribution in [3.63, 3.8) is 0 Å². The molecule has 0 aliphatic heterocycles. The zero-order valence-corrected chi connectivity index (χ0v) is 24.7. The Bertz CT molecular complexity index is 2540. The third kappa shape index (κ3) is 4.17. The van der Waals surface area contributed by atoms with Gasteiger partial charge in [-0.3, -0.25) is 0 Å². The molecule has 0 fully saturated rings. The van der Waals surface area contributed by atoms with Crippen molar-refractivity contribution in [3.05, 3.63) is 176 Å². The minimum absolute atomic E-state index is 1.13. The Morgan fingerprint density at radius 2 is 0.911 bits per heavy atom. The van der Waals surface area contributed by atoms with E-state index in [4.69, 9.17) is 0 Å². The Labute approximate surface area is 262 Å². The van der Waals surface area contributed by atoms with E-state index in [1.54, 1.807) is 0 Å². The first-order chi connectivity index (χ1) is 22.3. The van der Waals surface area contributed by atoms with Gasteiger partial charge in [0.1, 0.15) is 0 Å². The fourth-order valence-electron chi connectivity index (χ4n) is 7.13. The van der Waals surface area contributed by atoms with Gasteiger partial charge in [0.15, 0.2) is 0 Å². The highest BCUT2D eigenvalue weighted by Gasteiger charge is 2.20. The largest absolute Gasteiger partial charge is 0.309 e. The maximum Gasteiger partial charge on any atom is 0.0546 e. The van der Waals surface area contributed by atoms with Gasteiger partial charge in [-0.05, 0) is 90.6 Å². The molecule has 0 aliphatic carbocycles. The van der Waals surface area contributed by atoms with Gasteiger partial charge in [0.2, 0.25) is 0 Å². The van der Waals surface area contributed by atoms with Gasteiger partial charge in [0, 0.05) is 16.5 Å². The number of hydrogen-bond acceptors (Lipinski definition) is 1. The molecule has 0 aromatic heterocycles. The van der Waals surface area contributed by atoms with Crippen LogP contribution in [0.5, 0.6) is 0 Å². The summed E-state index contributed by atoms with van der Waals surface area (Å²) in [5.74, 6) is 0. The van der Waals surface area contributed by atoms with Crippen molar-refractivity contribution in [1.82, 2.24) is 0 Å². The fraction of sp³-hybridized carbons (Fsp3) is 0. The maximum absolute atomic E-state index is 2.44. The van der Waals surface area contributed by atoms with E-state index in [-0.39, 0.29) is 0 Å². The van der Waals surface area contributed by atoms with Crippen molar-refractivity contribution >= 4 is 70.9 Å². The van der Waals surface area contributed by atoms with Crippen molar-refractivity contribution in [2.24, 2.45) is 0 Å². The molecule has 0 aliphatic rings. The van der Waals surface area contributed by atoms with Gasteiger partial charge in [-0.15, -0.1) is 0 Å². The lowest BCUT2D eigenvalue weighted by atomic mass is 9.89. The molecule has 9 aromatic carbocycles. The van der Waals surface area contributed by atoms with E-state index in [0.717, 1.165) is 5.69 Å². The van der Waals surface area contributed by atoms with Crippen LogP contribution in [-0.2, 0) is 0 Å². The van der Waals surface area contributed by atoms with Crippen LogP contribution in [0.2, 0.25) is 0 Å². The molecule has 0 heterocycles. The van der Waals surface area contributed by atoms with Gasteiger partial charge in [0.25, 0.3) is 0 Å². The van der Waals surface area contributed by atoms with Crippen LogP contribution >= 0.6 is 0 Å². The topological polar surface area (TPSA) is 3.24 Å². The summed E-state index contributed by atoms with van der Waals surface area (Å²) in [6.45, 7) is 0. The molecule has 0 spiro atoms. The average molecular weight is 572 g/mol. The quantitative estimate of drug-likeness (QED) is 0.190. The summed E-state index contributed by atoms with van der Waals surface area (Å²) in [6.07, 6.45) is 0. The minimum atomic E-state index is 1.13. The fourth-order valence-corrected chi connectivity index (χ4v) is 7.13. The van der Waals surface area contributed by atoms with E-state index in [0.29, 0.717) is 0 Å². The number of anilines is 3. The van der Waals surface area contributed by atoms with Crippen LogP contribution in [0.15, 0.2) is 176 Å². The van der Waals surface area contributed by atoms with Crippen LogP contribution in [0.4, 0.5) is 17.1 Å². The zero-order valence-electron chi connectivity index (χ0n) is 24.7. The Kier molecular flexibility index (Phi) is 5.89. The predicted octanol–water partition coefficient (Wildman–Crippen LogP) is 12.6. The van der Waals surface area contributed by atoms with Crippen molar-refractivity contribution < 1.29 is 0 Å². The van der Waals surface area contributed by atoms with Crippen LogP contribution in [0.3, 0.4) is 0 Å². The SMILES string of the molecule is c1ccc(N(c2cccc3ccccc23)c2cc3cc(-c4ccc5ccccc5c4)c4ccccc4c3c3ccccc23)cc1. The predicted molar refractivity (Wildman–Crippen MR) is 194 cm³/mol. The van der Waals surface area contributed by atoms with Crippen LogP contribution < -0.4 is 4.90 Å². The third-order valence-electron chi connectivity index (χ3n) is 9.16. The van der Waals surface area contributed by atoms with Crippen LogP contribution in [0.25, 0.3) is 65.0 Å². The summed E-state index contributed by atoms with van der Waals surface area (Å²) in [5.41, 5.74) is 5.95. The minimum Gasteiger partial charge on any atom is -0.309 e. The molecule has 9 rings (SSSR count). The molecule has 0 radical (unpaired) electrons. The molecule has 0 atom stereocenters. The zero-order chi connectivity index (χ0) is 29.7. The molecule has 0 unspecified atom stereocenters. The summed E-state index contributed by atoms with van der Waals surface area (Å²) < 4.78 is 0. The molecular formula is C44H29N. The molecule has 0 N–H and O–H groups in total. The lowest BCUT2D eigenvalue weighted by Gasteiger charge is -2.29. The van der Waals surface area contributed by atoms with E-state index >= 15 is 0 Å². The second kappa shape index (κ2) is 10.4. The van der Waals surface area contributed by atoms with E-state index in [9.17, 15) is 0 Å². The first-order valence-corrected chi connectivity index (χ1v) is 15.5. The van der Waals surface area contributed by atoms with Gasteiger partial charge in [-0.1, -0.05) is 140 Å². The molecule has 0 bridgehead atoms. The number of para-hydroxylation sites is 1. The van der Waals surface area contributed by atoms with Crippen LogP contribution in [0, 0.1) is 0 Å². The van der Waals surface area contributed by atoms with Crippen molar-refractivity contribution in [3.8, 4) is 11.1 Å². The highest BCUT2D eigenvalue weighted by molar-refractivity contribution is 6.26. The molecule has 9 aromatic rings. The summed E-state index contributed by atoms with van der Waals surface area (Å²) in [4.78, 5) is 2.44. The number of benzene rings is 9. The van der Waals surface area contributed by atoms with Crippen molar-refractivity contribution in [1.29, 1.82) is 0 Å². The summed E-state index contributed by atoms with van der Waals surface area (Å²) in [6, 6.07) is 64.1. The highest BCUT2D eigenvalue weighted by Crippen LogP contribution is 2.46. The first-order valence-electron chi connectivity index (χ1n) is 15.5. The second-order valence-corrected chi connectivity index (χ2v) is 11.7. The maximum atomic E-state index is 2.44. The normalized spacial score (nSPS) is 11.6. The number of rotatable bonds is 4. The Morgan fingerprint density at radius 3 is 1.71 bits per heavy atom. The van der Waals surface area contributed by atoms with Gasteiger partial charge >= 0.3 is 0 Å². The monoisotopic (exact) mass is 571 g/mol. The first kappa shape index (κ1) is 25.6. The smallest absolute Gasteiger partial charge is 0.0546 e. The van der Waals surface area contributed by atoms with Crippen LogP contribution in [0.1, 0.15) is 0 Å². The number of nitrogens with zero attached hydrogens (tertiary/aromatic N) is 1. The van der Waals surface area contributed by atoms with Gasteiger partial charge in [-0.2, -0.15) is 0 Å². The molecule has 1 heteroatoms. The highest BCUT2D eigenvalue weighted by atomic mass is 15.1. The van der Waals surface area contributed by atoms with Gasteiger partial charge in [-0.25, -0.2) is 0 Å². The van der Waals surface area contributed by atoms with Crippen molar-refractivity contribution in [2.75, 3.05) is 4.90 Å². The molecule has 45 heavy (non-hydrogen) atoms. The summed E-state index contributed by atoms with van der Waals surface area (Å²) >= 11 is 0. The van der Waals surface area contributed by atoms with E-state index in [2.05, 4.69) is 181 Å². The van der Waals surface area contributed by atoms with Crippen LogP contribution in [-0.4, -0.2) is 0 Å².